The third-order valence-electron chi connectivity index (χ3n) is 5.30. The Morgan fingerprint density at radius 1 is 1.31 bits per heavy atom. The van der Waals surface area contributed by atoms with Gasteiger partial charge in [-0.1, -0.05) is 11.6 Å². The number of hydrogen-bond donors (Lipinski definition) is 1. The molecule has 1 aromatic carbocycles. The first-order valence-electron chi connectivity index (χ1n) is 8.84. The van der Waals surface area contributed by atoms with Crippen LogP contribution in [0.1, 0.15) is 65.8 Å². The van der Waals surface area contributed by atoms with Crippen molar-refractivity contribution in [2.45, 2.75) is 45.2 Å². The van der Waals surface area contributed by atoms with Crippen LogP contribution >= 0.6 is 11.6 Å². The summed E-state index contributed by atoms with van der Waals surface area (Å²) in [5, 5.41) is 3.63. The zero-order valence-corrected chi connectivity index (χ0v) is 15.5. The second-order valence-electron chi connectivity index (χ2n) is 6.95. The van der Waals surface area contributed by atoms with E-state index in [-0.39, 0.29) is 23.9 Å². The van der Waals surface area contributed by atoms with Gasteiger partial charge in [0.2, 0.25) is 5.91 Å². The van der Waals surface area contributed by atoms with Crippen LogP contribution in [0.4, 0.5) is 5.69 Å². The number of nitrogens with one attached hydrogen (secondary N) is 1. The van der Waals surface area contributed by atoms with Gasteiger partial charge in [-0.25, -0.2) is 0 Å². The van der Waals surface area contributed by atoms with E-state index >= 15 is 0 Å². The van der Waals surface area contributed by atoms with E-state index in [2.05, 4.69) is 10.3 Å². The monoisotopic (exact) mass is 369 g/mol. The van der Waals surface area contributed by atoms with Gasteiger partial charge in [-0.3, -0.25) is 19.5 Å². The van der Waals surface area contributed by atoms with Crippen molar-refractivity contribution < 1.29 is 9.59 Å². The number of benzene rings is 1. The van der Waals surface area contributed by atoms with Gasteiger partial charge in [-0.15, -0.1) is 0 Å². The maximum atomic E-state index is 13.0. The Morgan fingerprint density at radius 2 is 2.12 bits per heavy atom. The predicted molar refractivity (Wildman–Crippen MR) is 100 cm³/mol. The van der Waals surface area contributed by atoms with Crippen molar-refractivity contribution in [2.75, 3.05) is 4.90 Å². The molecule has 0 unspecified atom stereocenters. The molecule has 2 atom stereocenters. The van der Waals surface area contributed by atoms with Crippen molar-refractivity contribution in [3.8, 4) is 0 Å². The quantitative estimate of drug-likeness (QED) is 0.871. The number of aromatic nitrogens is 1. The summed E-state index contributed by atoms with van der Waals surface area (Å²) in [6, 6.07) is 5.25. The molecular formula is C20H20ClN3O2. The van der Waals surface area contributed by atoms with Gasteiger partial charge < -0.3 is 5.32 Å². The number of anilines is 1. The molecule has 0 bridgehead atoms. The maximum Gasteiger partial charge on any atom is 0.259 e. The summed E-state index contributed by atoms with van der Waals surface area (Å²) in [7, 11) is 0. The van der Waals surface area contributed by atoms with E-state index in [0.717, 1.165) is 41.6 Å². The molecule has 4 rings (SSSR count). The number of halogens is 1. The van der Waals surface area contributed by atoms with Gasteiger partial charge in [-0.05, 0) is 61.1 Å². The minimum absolute atomic E-state index is 0.0268. The molecule has 2 aliphatic rings. The van der Waals surface area contributed by atoms with Crippen LogP contribution in [-0.4, -0.2) is 16.8 Å². The molecule has 0 fully saturated rings. The van der Waals surface area contributed by atoms with E-state index in [1.165, 1.54) is 6.92 Å². The van der Waals surface area contributed by atoms with Gasteiger partial charge in [0.25, 0.3) is 5.91 Å². The van der Waals surface area contributed by atoms with Crippen molar-refractivity contribution in [3.05, 3.63) is 57.9 Å². The second-order valence-corrected chi connectivity index (χ2v) is 7.39. The first-order chi connectivity index (χ1) is 12.5. The normalized spacial score (nSPS) is 21.3. The van der Waals surface area contributed by atoms with Crippen LogP contribution < -0.4 is 10.2 Å². The zero-order chi connectivity index (χ0) is 18.4. The number of carbonyl (C=O) groups excluding carboxylic acids is 2. The highest BCUT2D eigenvalue weighted by molar-refractivity contribution is 6.31. The summed E-state index contributed by atoms with van der Waals surface area (Å²) in [6.45, 7) is 3.53. The van der Waals surface area contributed by atoms with Crippen molar-refractivity contribution in [2.24, 2.45) is 0 Å². The molecule has 2 aromatic rings. The third-order valence-corrected chi connectivity index (χ3v) is 5.54. The summed E-state index contributed by atoms with van der Waals surface area (Å²) in [5.74, 6) is -0.0815. The topological polar surface area (TPSA) is 62.3 Å². The lowest BCUT2D eigenvalue weighted by Crippen LogP contribution is -2.32. The van der Waals surface area contributed by atoms with Crippen molar-refractivity contribution >= 4 is 29.1 Å². The number of rotatable bonds is 2. The van der Waals surface area contributed by atoms with Gasteiger partial charge in [0.05, 0.1) is 24.0 Å². The van der Waals surface area contributed by atoms with E-state index in [1.54, 1.807) is 18.3 Å². The molecule has 1 aliphatic carbocycles. The molecule has 0 saturated heterocycles. The van der Waals surface area contributed by atoms with Crippen LogP contribution in [0.3, 0.4) is 0 Å². The fourth-order valence-electron chi connectivity index (χ4n) is 4.14. The minimum Gasteiger partial charge on any atom is -0.349 e. The van der Waals surface area contributed by atoms with Crippen LogP contribution in [0.25, 0.3) is 0 Å². The van der Waals surface area contributed by atoms with E-state index in [0.29, 0.717) is 10.6 Å². The Hall–Kier alpha value is -2.40. The highest BCUT2D eigenvalue weighted by atomic mass is 35.5. The first-order valence-corrected chi connectivity index (χ1v) is 9.22. The van der Waals surface area contributed by atoms with Crippen LogP contribution in [-0.2, 0) is 11.2 Å². The summed E-state index contributed by atoms with van der Waals surface area (Å²) in [6.07, 6.45) is 6.29. The fraction of sp³-hybridized carbons (Fsp3) is 0.350. The Labute approximate surface area is 157 Å². The average Bonchev–Trinajstić information content (AvgIpc) is 2.85. The predicted octanol–water partition coefficient (Wildman–Crippen LogP) is 3.97. The van der Waals surface area contributed by atoms with Crippen molar-refractivity contribution in [1.29, 1.82) is 0 Å². The van der Waals surface area contributed by atoms with Crippen LogP contribution in [0, 0.1) is 0 Å². The Bertz CT molecular complexity index is 912. The number of fused-ring (bicyclic) bond motifs is 2. The molecule has 5 nitrogen and oxygen atoms in total. The summed E-state index contributed by atoms with van der Waals surface area (Å²) in [4.78, 5) is 30.8. The summed E-state index contributed by atoms with van der Waals surface area (Å²) < 4.78 is 0. The average molecular weight is 370 g/mol. The Morgan fingerprint density at radius 3 is 2.88 bits per heavy atom. The molecular weight excluding hydrogens is 350 g/mol. The maximum absolute atomic E-state index is 13.0. The van der Waals surface area contributed by atoms with Gasteiger partial charge in [0.1, 0.15) is 0 Å². The highest BCUT2D eigenvalue weighted by Crippen LogP contribution is 2.42. The molecule has 0 radical (unpaired) electrons. The van der Waals surface area contributed by atoms with Crippen molar-refractivity contribution in [1.82, 2.24) is 10.3 Å². The molecule has 134 valence electrons. The number of pyridine rings is 1. The lowest BCUT2D eigenvalue weighted by molar-refractivity contribution is -0.119. The number of carbonyl (C=O) groups is 2. The van der Waals surface area contributed by atoms with E-state index in [1.807, 2.05) is 24.1 Å². The largest absolute Gasteiger partial charge is 0.349 e. The Balaban J connectivity index is 1.78. The lowest BCUT2D eigenvalue weighted by Gasteiger charge is -2.31. The molecule has 1 N–H and O–H groups in total. The van der Waals surface area contributed by atoms with Crippen LogP contribution in [0.15, 0.2) is 30.6 Å². The van der Waals surface area contributed by atoms with E-state index < -0.39 is 0 Å². The highest BCUT2D eigenvalue weighted by Gasteiger charge is 2.37. The standard InChI is InChI=1S/C20H20ClN3O2/c1-11-16-8-13(21)6-7-15(16)20(26)24(11)19-10-22-9-17-14(19)4-3-5-18(17)23-12(2)25/h6-11,18H,3-5H2,1-2H3,(H,23,25)/t11-,18+/m0/s1. The van der Waals surface area contributed by atoms with Gasteiger partial charge in [-0.2, -0.15) is 0 Å². The lowest BCUT2D eigenvalue weighted by atomic mass is 9.87. The van der Waals surface area contributed by atoms with Gasteiger partial charge in [0.15, 0.2) is 0 Å². The molecule has 0 spiro atoms. The second kappa shape index (κ2) is 6.40. The van der Waals surface area contributed by atoms with E-state index in [4.69, 9.17) is 11.6 Å². The van der Waals surface area contributed by atoms with E-state index in [9.17, 15) is 9.59 Å². The minimum atomic E-state index is -0.106. The number of nitrogens with zero attached hydrogens (tertiary/aromatic N) is 2. The fourth-order valence-corrected chi connectivity index (χ4v) is 4.32. The third kappa shape index (κ3) is 2.67. The number of hydrogen-bond acceptors (Lipinski definition) is 3. The molecule has 1 aliphatic heterocycles. The first kappa shape index (κ1) is 17.0. The molecule has 2 heterocycles. The molecule has 2 amide bonds. The van der Waals surface area contributed by atoms with Crippen LogP contribution in [0.5, 0.6) is 0 Å². The molecule has 0 saturated carbocycles. The zero-order valence-electron chi connectivity index (χ0n) is 14.8. The molecule has 26 heavy (non-hydrogen) atoms. The SMILES string of the molecule is CC(=O)N[C@@H]1CCCc2c1cncc2N1C(=O)c2ccc(Cl)cc2[C@@H]1C. The van der Waals surface area contributed by atoms with Gasteiger partial charge >= 0.3 is 0 Å². The summed E-state index contributed by atoms with van der Waals surface area (Å²) >= 11 is 6.13. The smallest absolute Gasteiger partial charge is 0.259 e. The molecule has 1 aromatic heterocycles. The van der Waals surface area contributed by atoms with Crippen LogP contribution in [0.2, 0.25) is 5.02 Å². The Kier molecular flexibility index (Phi) is 4.19. The van der Waals surface area contributed by atoms with Gasteiger partial charge in [0, 0.05) is 23.7 Å². The number of amides is 2. The van der Waals surface area contributed by atoms with Crippen molar-refractivity contribution in [3.63, 3.8) is 0 Å². The summed E-state index contributed by atoms with van der Waals surface area (Å²) in [5.41, 5.74) is 4.58. The molecule has 6 heteroatoms.